The molecule has 1 aromatic carbocycles. The van der Waals surface area contributed by atoms with Gasteiger partial charge >= 0.3 is 0 Å². The quantitative estimate of drug-likeness (QED) is 0.839. The second-order valence-corrected chi connectivity index (χ2v) is 8.37. The molecule has 1 amide bonds. The van der Waals surface area contributed by atoms with Crippen LogP contribution in [0, 0.1) is 12.7 Å². The topological polar surface area (TPSA) is 59.4 Å². The Morgan fingerprint density at radius 2 is 2.00 bits per heavy atom. The molecule has 29 heavy (non-hydrogen) atoms. The molecule has 1 spiro atoms. The largest absolute Gasteiger partial charge is 0.370 e. The van der Waals surface area contributed by atoms with Crippen molar-refractivity contribution in [3.05, 3.63) is 53.1 Å². The van der Waals surface area contributed by atoms with Crippen LogP contribution >= 0.6 is 0 Å². The van der Waals surface area contributed by atoms with Gasteiger partial charge in [0, 0.05) is 33.2 Å². The fourth-order valence-electron chi connectivity index (χ4n) is 4.49. The van der Waals surface area contributed by atoms with Gasteiger partial charge in [-0.25, -0.2) is 4.39 Å². The SMILES string of the molecule is Cc1cc(C(=O)NCC2CCC3(CCN(Cc4ccc(F)cc4)CC3)O2)n(C)n1. The highest BCUT2D eigenvalue weighted by Gasteiger charge is 2.42. The van der Waals surface area contributed by atoms with Crippen molar-refractivity contribution in [1.82, 2.24) is 20.0 Å². The number of nitrogens with zero attached hydrogens (tertiary/aromatic N) is 3. The molecule has 3 heterocycles. The Balaban J connectivity index is 1.24. The van der Waals surface area contributed by atoms with Crippen molar-refractivity contribution in [1.29, 1.82) is 0 Å². The van der Waals surface area contributed by atoms with Crippen LogP contribution in [0.15, 0.2) is 30.3 Å². The van der Waals surface area contributed by atoms with Gasteiger partial charge in [0.05, 0.1) is 17.4 Å². The molecule has 1 unspecified atom stereocenters. The van der Waals surface area contributed by atoms with Gasteiger partial charge in [0.1, 0.15) is 11.5 Å². The van der Waals surface area contributed by atoms with E-state index in [1.807, 2.05) is 19.1 Å². The Morgan fingerprint density at radius 1 is 1.28 bits per heavy atom. The monoisotopic (exact) mass is 400 g/mol. The van der Waals surface area contributed by atoms with E-state index in [2.05, 4.69) is 15.3 Å². The van der Waals surface area contributed by atoms with Gasteiger partial charge in [-0.3, -0.25) is 14.4 Å². The predicted octanol–water partition coefficient (Wildman–Crippen LogP) is 2.81. The minimum atomic E-state index is -0.192. The molecule has 0 bridgehead atoms. The number of nitrogens with one attached hydrogen (secondary N) is 1. The van der Waals surface area contributed by atoms with Crippen molar-refractivity contribution in [2.45, 2.75) is 50.9 Å². The summed E-state index contributed by atoms with van der Waals surface area (Å²) in [6, 6.07) is 8.55. The van der Waals surface area contributed by atoms with E-state index in [9.17, 15) is 9.18 Å². The molecule has 1 atom stereocenters. The number of hydrogen-bond acceptors (Lipinski definition) is 4. The molecule has 2 aliphatic rings. The number of aromatic nitrogens is 2. The fraction of sp³-hybridized carbons (Fsp3) is 0.545. The zero-order valence-corrected chi connectivity index (χ0v) is 17.2. The van der Waals surface area contributed by atoms with Crippen LogP contribution in [0.25, 0.3) is 0 Å². The van der Waals surface area contributed by atoms with E-state index >= 15 is 0 Å². The van der Waals surface area contributed by atoms with Crippen molar-refractivity contribution in [3.63, 3.8) is 0 Å². The number of carbonyl (C=O) groups is 1. The van der Waals surface area contributed by atoms with Crippen LogP contribution in [0.3, 0.4) is 0 Å². The number of benzene rings is 1. The van der Waals surface area contributed by atoms with E-state index in [4.69, 9.17) is 4.74 Å². The van der Waals surface area contributed by atoms with Gasteiger partial charge in [-0.1, -0.05) is 12.1 Å². The van der Waals surface area contributed by atoms with Crippen LogP contribution < -0.4 is 5.32 Å². The Bertz CT molecular complexity index is 856. The summed E-state index contributed by atoms with van der Waals surface area (Å²) in [4.78, 5) is 14.8. The number of rotatable bonds is 5. The zero-order valence-electron chi connectivity index (χ0n) is 17.2. The molecule has 2 saturated heterocycles. The highest BCUT2D eigenvalue weighted by atomic mass is 19.1. The predicted molar refractivity (Wildman–Crippen MR) is 108 cm³/mol. The first kappa shape index (κ1) is 20.0. The molecule has 2 aliphatic heterocycles. The molecule has 7 heteroatoms. The van der Waals surface area contributed by atoms with Crippen LogP contribution in [0.4, 0.5) is 4.39 Å². The van der Waals surface area contributed by atoms with E-state index < -0.39 is 0 Å². The van der Waals surface area contributed by atoms with Crippen LogP contribution in [0.1, 0.15) is 47.4 Å². The highest BCUT2D eigenvalue weighted by molar-refractivity contribution is 5.92. The third-order valence-corrected chi connectivity index (χ3v) is 6.15. The lowest BCUT2D eigenvalue weighted by Crippen LogP contribution is -2.44. The standard InChI is InChI=1S/C22H29FN4O2/c1-16-13-20(26(2)25-16)21(28)24-14-19-7-8-22(29-19)9-11-27(12-10-22)15-17-3-5-18(23)6-4-17/h3-6,13,19H,7-12,14-15H2,1-2H3,(H,24,28). The van der Waals surface area contributed by atoms with Crippen LogP contribution in [-0.4, -0.2) is 51.9 Å². The molecule has 0 saturated carbocycles. The van der Waals surface area contributed by atoms with Gasteiger partial charge in [0.25, 0.3) is 5.91 Å². The molecular formula is C22H29FN4O2. The first-order chi connectivity index (χ1) is 13.9. The number of ether oxygens (including phenoxy) is 1. The third-order valence-electron chi connectivity index (χ3n) is 6.15. The fourth-order valence-corrected chi connectivity index (χ4v) is 4.49. The smallest absolute Gasteiger partial charge is 0.269 e. The average Bonchev–Trinajstić information content (AvgIpc) is 3.26. The van der Waals surface area contributed by atoms with Gasteiger partial charge in [0.2, 0.25) is 0 Å². The summed E-state index contributed by atoms with van der Waals surface area (Å²) in [5, 5.41) is 7.22. The van der Waals surface area contributed by atoms with Crippen LogP contribution in [0.5, 0.6) is 0 Å². The van der Waals surface area contributed by atoms with Crippen LogP contribution in [0.2, 0.25) is 0 Å². The minimum Gasteiger partial charge on any atom is -0.370 e. The number of amides is 1. The maximum Gasteiger partial charge on any atom is 0.269 e. The van der Waals surface area contributed by atoms with Crippen molar-refractivity contribution in [2.24, 2.45) is 7.05 Å². The van der Waals surface area contributed by atoms with E-state index in [-0.39, 0.29) is 23.4 Å². The van der Waals surface area contributed by atoms with Gasteiger partial charge < -0.3 is 10.1 Å². The maximum atomic E-state index is 13.1. The number of likely N-dealkylation sites (tertiary alicyclic amines) is 1. The van der Waals surface area contributed by atoms with Crippen molar-refractivity contribution < 1.29 is 13.9 Å². The summed E-state index contributed by atoms with van der Waals surface area (Å²) in [6.07, 6.45) is 4.08. The second-order valence-electron chi connectivity index (χ2n) is 8.37. The normalized spacial score (nSPS) is 21.6. The average molecular weight is 400 g/mol. The molecule has 6 nitrogen and oxygen atoms in total. The number of carbonyl (C=O) groups excluding carboxylic acids is 1. The molecule has 0 aliphatic carbocycles. The summed E-state index contributed by atoms with van der Waals surface area (Å²) in [6.45, 7) is 5.21. The van der Waals surface area contributed by atoms with Crippen molar-refractivity contribution >= 4 is 5.91 Å². The maximum absolute atomic E-state index is 13.1. The molecule has 2 aromatic rings. The first-order valence-corrected chi connectivity index (χ1v) is 10.4. The highest BCUT2D eigenvalue weighted by Crippen LogP contribution is 2.39. The first-order valence-electron chi connectivity index (χ1n) is 10.4. The molecular weight excluding hydrogens is 371 g/mol. The van der Waals surface area contributed by atoms with Gasteiger partial charge in [0.15, 0.2) is 0 Å². The van der Waals surface area contributed by atoms with Gasteiger partial charge in [-0.2, -0.15) is 5.10 Å². The Hall–Kier alpha value is -2.25. The Morgan fingerprint density at radius 3 is 2.66 bits per heavy atom. The van der Waals surface area contributed by atoms with E-state index in [1.54, 1.807) is 17.8 Å². The number of hydrogen-bond donors (Lipinski definition) is 1. The minimum absolute atomic E-state index is 0.0577. The molecule has 2 fully saturated rings. The summed E-state index contributed by atoms with van der Waals surface area (Å²) in [7, 11) is 1.78. The third kappa shape index (κ3) is 4.67. The lowest BCUT2D eigenvalue weighted by Gasteiger charge is -2.39. The number of piperidine rings is 1. The summed E-state index contributed by atoms with van der Waals surface area (Å²) < 4.78 is 21.1. The van der Waals surface area contributed by atoms with E-state index in [0.717, 1.165) is 56.6 Å². The van der Waals surface area contributed by atoms with E-state index in [0.29, 0.717) is 12.2 Å². The summed E-state index contributed by atoms with van der Waals surface area (Å²) >= 11 is 0. The zero-order chi connectivity index (χ0) is 20.4. The number of halogens is 1. The second kappa shape index (κ2) is 8.24. The molecule has 1 aromatic heterocycles. The molecule has 1 N–H and O–H groups in total. The lowest BCUT2D eigenvalue weighted by atomic mass is 9.88. The Labute approximate surface area is 171 Å². The molecule has 4 rings (SSSR count). The van der Waals surface area contributed by atoms with Crippen molar-refractivity contribution in [3.8, 4) is 0 Å². The van der Waals surface area contributed by atoms with Gasteiger partial charge in [-0.15, -0.1) is 0 Å². The van der Waals surface area contributed by atoms with Gasteiger partial charge in [-0.05, 0) is 56.4 Å². The molecule has 0 radical (unpaired) electrons. The van der Waals surface area contributed by atoms with Crippen LogP contribution in [-0.2, 0) is 18.3 Å². The Kier molecular flexibility index (Phi) is 5.69. The van der Waals surface area contributed by atoms with E-state index in [1.165, 1.54) is 12.1 Å². The summed E-state index contributed by atoms with van der Waals surface area (Å²) in [5.74, 6) is -0.297. The lowest BCUT2D eigenvalue weighted by molar-refractivity contribution is -0.0764. The van der Waals surface area contributed by atoms with Crippen molar-refractivity contribution in [2.75, 3.05) is 19.6 Å². The molecule has 156 valence electrons. The number of aryl methyl sites for hydroxylation is 2. The summed E-state index contributed by atoms with van der Waals surface area (Å²) in [5.41, 5.74) is 2.49.